The molecule has 1 atom stereocenters. The largest absolute Gasteiger partial charge is 0.375 e. The van der Waals surface area contributed by atoms with Crippen LogP contribution in [0.5, 0.6) is 0 Å². The minimum Gasteiger partial charge on any atom is -0.375 e. The van der Waals surface area contributed by atoms with Gasteiger partial charge < -0.3 is 14.8 Å². The monoisotopic (exact) mass is 275 g/mol. The maximum absolute atomic E-state index is 12.1. The van der Waals surface area contributed by atoms with E-state index in [1.807, 2.05) is 31.2 Å². The number of fused-ring (bicyclic) bond motifs is 1. The Labute approximate surface area is 119 Å². The molecule has 1 aromatic carbocycles. The van der Waals surface area contributed by atoms with E-state index in [1.165, 1.54) is 5.56 Å². The molecule has 4 nitrogen and oxygen atoms in total. The Morgan fingerprint density at radius 3 is 3.10 bits per heavy atom. The van der Waals surface area contributed by atoms with E-state index >= 15 is 0 Å². The molecule has 0 fully saturated rings. The first-order chi connectivity index (χ1) is 9.68. The Morgan fingerprint density at radius 2 is 2.30 bits per heavy atom. The van der Waals surface area contributed by atoms with Gasteiger partial charge in [-0.05, 0) is 24.5 Å². The maximum Gasteiger partial charge on any atom is 0.253 e. The van der Waals surface area contributed by atoms with Crippen LogP contribution in [0.15, 0.2) is 36.4 Å². The Kier molecular flexibility index (Phi) is 5.32. The van der Waals surface area contributed by atoms with Crippen LogP contribution in [-0.2, 0) is 20.7 Å². The van der Waals surface area contributed by atoms with Crippen molar-refractivity contribution in [3.63, 3.8) is 0 Å². The highest BCUT2D eigenvalue weighted by Gasteiger charge is 2.26. The number of hydrogen-bond acceptors (Lipinski definition) is 3. The van der Waals surface area contributed by atoms with E-state index in [-0.39, 0.29) is 5.91 Å². The lowest BCUT2D eigenvalue weighted by molar-refractivity contribution is -0.134. The third kappa shape index (κ3) is 3.92. The molecular formula is C16H21NO3. The number of ether oxygens (including phenoxy) is 2. The van der Waals surface area contributed by atoms with Crippen LogP contribution in [0, 0.1) is 0 Å². The Hall–Kier alpha value is -1.65. The fourth-order valence-corrected chi connectivity index (χ4v) is 2.20. The zero-order valence-electron chi connectivity index (χ0n) is 11.9. The van der Waals surface area contributed by atoms with Crippen molar-refractivity contribution in [1.82, 2.24) is 5.32 Å². The number of hydrogen-bond donors (Lipinski definition) is 1. The van der Waals surface area contributed by atoms with E-state index in [1.54, 1.807) is 0 Å². The summed E-state index contributed by atoms with van der Waals surface area (Å²) in [7, 11) is 0. The fraction of sp³-hybridized carbons (Fsp3) is 0.438. The lowest BCUT2D eigenvalue weighted by atomic mass is 9.97. The van der Waals surface area contributed by atoms with Crippen molar-refractivity contribution in [2.75, 3.05) is 26.4 Å². The SMILES string of the molecule is C=C(C)COCCNC(=O)C1OCCc2ccccc21. The molecule has 2 rings (SSSR count). The Bertz CT molecular complexity index is 484. The van der Waals surface area contributed by atoms with Crippen LogP contribution in [-0.4, -0.2) is 32.3 Å². The smallest absolute Gasteiger partial charge is 0.253 e. The van der Waals surface area contributed by atoms with Crippen molar-refractivity contribution in [3.8, 4) is 0 Å². The minimum absolute atomic E-state index is 0.101. The van der Waals surface area contributed by atoms with Gasteiger partial charge in [-0.15, -0.1) is 0 Å². The molecular weight excluding hydrogens is 254 g/mol. The summed E-state index contributed by atoms with van der Waals surface area (Å²) in [6.07, 6.45) is 0.364. The molecule has 0 spiro atoms. The second-order valence-corrected chi connectivity index (χ2v) is 5.00. The molecule has 0 saturated heterocycles. The molecule has 1 unspecified atom stereocenters. The molecule has 108 valence electrons. The topological polar surface area (TPSA) is 47.6 Å². The summed E-state index contributed by atoms with van der Waals surface area (Å²) >= 11 is 0. The molecule has 1 aliphatic heterocycles. The maximum atomic E-state index is 12.1. The van der Waals surface area contributed by atoms with Gasteiger partial charge in [0.15, 0.2) is 6.10 Å². The van der Waals surface area contributed by atoms with Gasteiger partial charge in [-0.25, -0.2) is 0 Å². The first kappa shape index (κ1) is 14.8. The highest BCUT2D eigenvalue weighted by atomic mass is 16.5. The van der Waals surface area contributed by atoms with Crippen molar-refractivity contribution >= 4 is 5.91 Å². The van der Waals surface area contributed by atoms with E-state index in [4.69, 9.17) is 9.47 Å². The molecule has 0 saturated carbocycles. The van der Waals surface area contributed by atoms with Crippen molar-refractivity contribution < 1.29 is 14.3 Å². The number of nitrogens with one attached hydrogen (secondary N) is 1. The van der Waals surface area contributed by atoms with E-state index in [0.29, 0.717) is 26.4 Å². The summed E-state index contributed by atoms with van der Waals surface area (Å²) in [4.78, 5) is 12.1. The molecule has 1 heterocycles. The minimum atomic E-state index is -0.499. The van der Waals surface area contributed by atoms with Gasteiger partial charge in [-0.1, -0.05) is 36.4 Å². The highest BCUT2D eigenvalue weighted by molar-refractivity contribution is 5.82. The molecule has 0 aliphatic carbocycles. The second-order valence-electron chi connectivity index (χ2n) is 5.00. The van der Waals surface area contributed by atoms with Gasteiger partial charge in [0.25, 0.3) is 5.91 Å². The van der Waals surface area contributed by atoms with E-state index in [9.17, 15) is 4.79 Å². The van der Waals surface area contributed by atoms with Crippen molar-refractivity contribution in [2.24, 2.45) is 0 Å². The number of carbonyl (C=O) groups excluding carboxylic acids is 1. The molecule has 1 aromatic rings. The second kappa shape index (κ2) is 7.22. The van der Waals surface area contributed by atoms with Crippen molar-refractivity contribution in [3.05, 3.63) is 47.5 Å². The summed E-state index contributed by atoms with van der Waals surface area (Å²) in [6, 6.07) is 7.93. The standard InChI is InChI=1S/C16H21NO3/c1-12(2)11-19-10-8-17-16(18)15-14-6-4-3-5-13(14)7-9-20-15/h3-6,15H,1,7-11H2,2H3,(H,17,18). The van der Waals surface area contributed by atoms with Gasteiger partial charge in [-0.2, -0.15) is 0 Å². The van der Waals surface area contributed by atoms with Gasteiger partial charge in [0.05, 0.1) is 19.8 Å². The molecule has 0 aromatic heterocycles. The quantitative estimate of drug-likeness (QED) is 0.638. The summed E-state index contributed by atoms with van der Waals surface area (Å²) in [5.74, 6) is -0.101. The van der Waals surface area contributed by atoms with Crippen LogP contribution in [0.1, 0.15) is 24.2 Å². The summed E-state index contributed by atoms with van der Waals surface area (Å²) in [5.41, 5.74) is 3.14. The molecule has 1 N–H and O–H groups in total. The molecule has 0 bridgehead atoms. The van der Waals surface area contributed by atoms with Gasteiger partial charge >= 0.3 is 0 Å². The van der Waals surface area contributed by atoms with Crippen LogP contribution < -0.4 is 5.32 Å². The number of carbonyl (C=O) groups is 1. The van der Waals surface area contributed by atoms with Gasteiger partial charge in [0, 0.05) is 6.54 Å². The summed E-state index contributed by atoms with van der Waals surface area (Å²) < 4.78 is 10.9. The Morgan fingerprint density at radius 1 is 1.50 bits per heavy atom. The van der Waals surface area contributed by atoms with Crippen LogP contribution in [0.3, 0.4) is 0 Å². The number of rotatable bonds is 6. The normalized spacial score (nSPS) is 17.4. The van der Waals surface area contributed by atoms with Crippen LogP contribution in [0.4, 0.5) is 0 Å². The molecule has 1 amide bonds. The summed E-state index contributed by atoms with van der Waals surface area (Å²) in [5, 5.41) is 2.85. The predicted molar refractivity (Wildman–Crippen MR) is 77.5 cm³/mol. The van der Waals surface area contributed by atoms with E-state index < -0.39 is 6.10 Å². The molecule has 1 aliphatic rings. The van der Waals surface area contributed by atoms with Gasteiger partial charge in [-0.3, -0.25) is 4.79 Å². The predicted octanol–water partition coefficient (Wildman–Crippen LogP) is 2.01. The third-order valence-electron chi connectivity index (χ3n) is 3.13. The Balaban J connectivity index is 1.83. The molecule has 20 heavy (non-hydrogen) atoms. The lowest BCUT2D eigenvalue weighted by Crippen LogP contribution is -2.35. The van der Waals surface area contributed by atoms with E-state index in [2.05, 4.69) is 11.9 Å². The molecule has 4 heteroatoms. The fourth-order valence-electron chi connectivity index (χ4n) is 2.20. The van der Waals surface area contributed by atoms with Crippen LogP contribution >= 0.6 is 0 Å². The average molecular weight is 275 g/mol. The average Bonchev–Trinajstić information content (AvgIpc) is 2.45. The number of amides is 1. The van der Waals surface area contributed by atoms with Gasteiger partial charge in [0.2, 0.25) is 0 Å². The number of benzene rings is 1. The third-order valence-corrected chi connectivity index (χ3v) is 3.13. The first-order valence-electron chi connectivity index (χ1n) is 6.87. The zero-order chi connectivity index (χ0) is 14.4. The molecule has 0 radical (unpaired) electrons. The highest BCUT2D eigenvalue weighted by Crippen LogP contribution is 2.26. The van der Waals surface area contributed by atoms with Crippen molar-refractivity contribution in [2.45, 2.75) is 19.4 Å². The zero-order valence-corrected chi connectivity index (χ0v) is 11.9. The van der Waals surface area contributed by atoms with Crippen molar-refractivity contribution in [1.29, 1.82) is 0 Å². The van der Waals surface area contributed by atoms with Gasteiger partial charge in [0.1, 0.15) is 0 Å². The van der Waals surface area contributed by atoms with E-state index in [0.717, 1.165) is 17.6 Å². The van der Waals surface area contributed by atoms with Crippen LogP contribution in [0.2, 0.25) is 0 Å². The summed E-state index contributed by atoms with van der Waals surface area (Å²) in [6.45, 7) is 7.73. The van der Waals surface area contributed by atoms with Crippen LogP contribution in [0.25, 0.3) is 0 Å². The first-order valence-corrected chi connectivity index (χ1v) is 6.87. The lowest BCUT2D eigenvalue weighted by Gasteiger charge is -2.25.